The van der Waals surface area contributed by atoms with Crippen molar-refractivity contribution in [2.24, 2.45) is 23.4 Å². The number of rotatable bonds is 1. The van der Waals surface area contributed by atoms with Gasteiger partial charge >= 0.3 is 0 Å². The molecule has 2 unspecified atom stereocenters. The lowest BCUT2D eigenvalue weighted by molar-refractivity contribution is 0.337. The zero-order chi connectivity index (χ0) is 6.85. The van der Waals surface area contributed by atoms with E-state index in [0.29, 0.717) is 11.8 Å². The van der Waals surface area contributed by atoms with Gasteiger partial charge in [-0.15, -0.1) is 0 Å². The second-order valence-corrected chi connectivity index (χ2v) is 2.93. The quantitative estimate of drug-likeness (QED) is 0.464. The van der Waals surface area contributed by atoms with Crippen LogP contribution in [-0.4, -0.2) is 24.6 Å². The zero-order valence-corrected chi connectivity index (χ0v) is 5.88. The molecule has 54 valence electrons. The second-order valence-electron chi connectivity index (χ2n) is 2.93. The average molecular weight is 129 g/mol. The third kappa shape index (κ3) is 1.41. The first kappa shape index (κ1) is 6.99. The van der Waals surface area contributed by atoms with Crippen LogP contribution in [-0.2, 0) is 0 Å². The second kappa shape index (κ2) is 2.64. The molecule has 2 atom stereocenters. The molecule has 0 radical (unpaired) electrons. The lowest BCUT2D eigenvalue weighted by atomic mass is 9.99. The lowest BCUT2D eigenvalue weighted by Gasteiger charge is -2.08. The molecular weight excluding hydrogens is 114 g/mol. The van der Waals surface area contributed by atoms with Crippen LogP contribution in [0.2, 0.25) is 0 Å². The smallest absolute Gasteiger partial charge is 0.0172 e. The van der Waals surface area contributed by atoms with E-state index in [2.05, 4.69) is 6.92 Å². The Bertz CT molecular complexity index is 94.3. The maximum atomic E-state index is 5.57. The third-order valence-electron chi connectivity index (χ3n) is 2.10. The Labute approximate surface area is 56.0 Å². The molecule has 0 amide bonds. The van der Waals surface area contributed by atoms with Gasteiger partial charge in [0.1, 0.15) is 0 Å². The monoisotopic (exact) mass is 129 g/mol. The molecule has 1 fully saturated rings. The van der Waals surface area contributed by atoms with E-state index in [1.807, 2.05) is 5.01 Å². The Balaban J connectivity index is 2.38. The molecule has 0 saturated carbocycles. The van der Waals surface area contributed by atoms with Gasteiger partial charge in [0.25, 0.3) is 0 Å². The van der Waals surface area contributed by atoms with Crippen LogP contribution in [0.3, 0.4) is 0 Å². The van der Waals surface area contributed by atoms with Gasteiger partial charge in [-0.25, -0.2) is 5.01 Å². The number of hydrogen-bond acceptors (Lipinski definition) is 3. The first-order valence-electron chi connectivity index (χ1n) is 3.43. The van der Waals surface area contributed by atoms with E-state index >= 15 is 0 Å². The summed E-state index contributed by atoms with van der Waals surface area (Å²) >= 11 is 0. The number of nitrogens with zero attached hydrogens (tertiary/aromatic N) is 1. The van der Waals surface area contributed by atoms with E-state index < -0.39 is 0 Å². The summed E-state index contributed by atoms with van der Waals surface area (Å²) in [5.41, 5.74) is 5.50. The van der Waals surface area contributed by atoms with Crippen LogP contribution < -0.4 is 11.6 Å². The summed E-state index contributed by atoms with van der Waals surface area (Å²) < 4.78 is 0. The van der Waals surface area contributed by atoms with Crippen molar-refractivity contribution in [2.75, 3.05) is 19.6 Å². The molecule has 0 bridgehead atoms. The average Bonchev–Trinajstić information content (AvgIpc) is 2.10. The summed E-state index contributed by atoms with van der Waals surface area (Å²) in [6, 6.07) is 0. The highest BCUT2D eigenvalue weighted by molar-refractivity contribution is 4.78. The van der Waals surface area contributed by atoms with Gasteiger partial charge in [-0.2, -0.15) is 0 Å². The van der Waals surface area contributed by atoms with Gasteiger partial charge in [0.15, 0.2) is 0 Å². The molecule has 0 aromatic heterocycles. The fraction of sp³-hybridized carbons (Fsp3) is 1.00. The number of hydrazine groups is 1. The van der Waals surface area contributed by atoms with E-state index in [1.165, 1.54) is 0 Å². The summed E-state index contributed by atoms with van der Waals surface area (Å²) in [4.78, 5) is 0. The van der Waals surface area contributed by atoms with Crippen LogP contribution in [0.5, 0.6) is 0 Å². The largest absolute Gasteiger partial charge is 0.330 e. The van der Waals surface area contributed by atoms with Gasteiger partial charge in [0, 0.05) is 13.1 Å². The lowest BCUT2D eigenvalue weighted by Crippen LogP contribution is -2.29. The topological polar surface area (TPSA) is 55.3 Å². The molecule has 1 heterocycles. The molecule has 1 rings (SSSR count). The highest BCUT2D eigenvalue weighted by Crippen LogP contribution is 2.18. The predicted octanol–water partition coefficient (Wildman–Crippen LogP) is -0.613. The maximum Gasteiger partial charge on any atom is 0.0172 e. The first-order valence-corrected chi connectivity index (χ1v) is 3.43. The van der Waals surface area contributed by atoms with Gasteiger partial charge in [-0.3, -0.25) is 5.84 Å². The molecule has 4 N–H and O–H groups in total. The Kier molecular flexibility index (Phi) is 2.05. The highest BCUT2D eigenvalue weighted by Gasteiger charge is 2.25. The zero-order valence-electron chi connectivity index (χ0n) is 5.88. The standard InChI is InChI=1S/C6H15N3/c1-5-3-9(8)4-6(5)2-7/h5-6H,2-4,7-8H2,1H3. The summed E-state index contributed by atoms with van der Waals surface area (Å²) in [5, 5.41) is 1.85. The maximum absolute atomic E-state index is 5.57. The molecule has 1 aliphatic heterocycles. The van der Waals surface area contributed by atoms with Gasteiger partial charge < -0.3 is 5.73 Å². The molecule has 0 aromatic rings. The van der Waals surface area contributed by atoms with Crippen molar-refractivity contribution in [1.82, 2.24) is 5.01 Å². The Morgan fingerprint density at radius 2 is 2.22 bits per heavy atom. The van der Waals surface area contributed by atoms with E-state index in [9.17, 15) is 0 Å². The number of hydrogen-bond donors (Lipinski definition) is 2. The molecular formula is C6H15N3. The van der Waals surface area contributed by atoms with Crippen LogP contribution in [0, 0.1) is 11.8 Å². The van der Waals surface area contributed by atoms with Crippen LogP contribution in [0.15, 0.2) is 0 Å². The van der Waals surface area contributed by atoms with Gasteiger partial charge in [0.2, 0.25) is 0 Å². The Morgan fingerprint density at radius 1 is 1.56 bits per heavy atom. The minimum atomic E-state index is 0.620. The molecule has 0 aliphatic carbocycles. The molecule has 9 heavy (non-hydrogen) atoms. The summed E-state index contributed by atoms with van der Waals surface area (Å²) in [7, 11) is 0. The van der Waals surface area contributed by atoms with Crippen molar-refractivity contribution in [3.63, 3.8) is 0 Å². The minimum Gasteiger partial charge on any atom is -0.330 e. The van der Waals surface area contributed by atoms with Crippen molar-refractivity contribution in [3.8, 4) is 0 Å². The molecule has 1 saturated heterocycles. The van der Waals surface area contributed by atoms with E-state index in [0.717, 1.165) is 19.6 Å². The predicted molar refractivity (Wildman–Crippen MR) is 37.5 cm³/mol. The van der Waals surface area contributed by atoms with Crippen molar-refractivity contribution in [1.29, 1.82) is 0 Å². The Hall–Kier alpha value is -0.120. The highest BCUT2D eigenvalue weighted by atomic mass is 15.4. The van der Waals surface area contributed by atoms with Crippen molar-refractivity contribution >= 4 is 0 Å². The normalized spacial score (nSPS) is 37.7. The Morgan fingerprint density at radius 3 is 2.44 bits per heavy atom. The van der Waals surface area contributed by atoms with Crippen LogP contribution in [0.25, 0.3) is 0 Å². The molecule has 0 spiro atoms. The SMILES string of the molecule is CC1CN(N)CC1CN. The fourth-order valence-corrected chi connectivity index (χ4v) is 1.38. The minimum absolute atomic E-state index is 0.620. The molecule has 1 aliphatic rings. The van der Waals surface area contributed by atoms with Crippen LogP contribution >= 0.6 is 0 Å². The summed E-state index contributed by atoms with van der Waals surface area (Å²) in [5.74, 6) is 6.87. The molecule has 3 nitrogen and oxygen atoms in total. The van der Waals surface area contributed by atoms with Crippen LogP contribution in [0.1, 0.15) is 6.92 Å². The molecule has 3 heteroatoms. The van der Waals surface area contributed by atoms with Crippen LogP contribution in [0.4, 0.5) is 0 Å². The third-order valence-corrected chi connectivity index (χ3v) is 2.10. The van der Waals surface area contributed by atoms with Crippen molar-refractivity contribution in [3.05, 3.63) is 0 Å². The van der Waals surface area contributed by atoms with Crippen molar-refractivity contribution in [2.45, 2.75) is 6.92 Å². The fourth-order valence-electron chi connectivity index (χ4n) is 1.38. The van der Waals surface area contributed by atoms with Gasteiger partial charge in [-0.05, 0) is 18.4 Å². The van der Waals surface area contributed by atoms with Gasteiger partial charge in [-0.1, -0.05) is 6.92 Å². The summed E-state index contributed by atoms with van der Waals surface area (Å²) in [6.45, 7) is 4.94. The van der Waals surface area contributed by atoms with E-state index in [4.69, 9.17) is 11.6 Å². The van der Waals surface area contributed by atoms with Crippen molar-refractivity contribution < 1.29 is 0 Å². The summed E-state index contributed by atoms with van der Waals surface area (Å²) in [6.07, 6.45) is 0. The number of nitrogens with two attached hydrogens (primary N) is 2. The van der Waals surface area contributed by atoms with Gasteiger partial charge in [0.05, 0.1) is 0 Å². The van der Waals surface area contributed by atoms with E-state index in [1.54, 1.807) is 0 Å². The first-order chi connectivity index (χ1) is 4.24. The molecule has 0 aromatic carbocycles. The van der Waals surface area contributed by atoms with E-state index in [-0.39, 0.29) is 0 Å².